The zero-order chi connectivity index (χ0) is 31.8. The first-order valence-corrected chi connectivity index (χ1v) is 15.6. The van der Waals surface area contributed by atoms with Crippen LogP contribution in [-0.2, 0) is 10.8 Å². The third-order valence-corrected chi connectivity index (χ3v) is 8.46. The fraction of sp³-hybridized carbons (Fsp3) is 0.220. The van der Waals surface area contributed by atoms with Crippen molar-refractivity contribution in [1.29, 1.82) is 0 Å². The molecule has 0 amide bonds. The third-order valence-electron chi connectivity index (χ3n) is 8.46. The van der Waals surface area contributed by atoms with Crippen LogP contribution in [0.1, 0.15) is 75.5 Å². The molecule has 1 atom stereocenters. The number of rotatable bonds is 5. The smallest absolute Gasteiger partial charge is 0.169 e. The molecule has 1 unspecified atom stereocenters. The molecule has 4 nitrogen and oxygen atoms in total. The summed E-state index contributed by atoms with van der Waals surface area (Å²) in [5, 5.41) is 3.56. The Morgan fingerprint density at radius 1 is 0.444 bits per heavy atom. The van der Waals surface area contributed by atoms with Gasteiger partial charge in [-0.1, -0.05) is 151 Å². The molecule has 0 radical (unpaired) electrons. The maximum Gasteiger partial charge on any atom is 0.169 e. The molecule has 0 bridgehead atoms. The second kappa shape index (κ2) is 11.9. The fourth-order valence-electron chi connectivity index (χ4n) is 5.53. The Morgan fingerprint density at radius 3 is 1.13 bits per heavy atom. The molecule has 45 heavy (non-hydrogen) atoms. The molecular formula is C41H42N4. The predicted octanol–water partition coefficient (Wildman–Crippen LogP) is 9.69. The molecule has 6 rings (SSSR count). The molecule has 0 fully saturated rings. The Balaban J connectivity index is 1.30. The average Bonchev–Trinajstić information content (AvgIpc) is 3.04. The minimum absolute atomic E-state index is 0.0858. The van der Waals surface area contributed by atoms with Gasteiger partial charge in [-0.2, -0.15) is 0 Å². The summed E-state index contributed by atoms with van der Waals surface area (Å²) in [5.41, 5.74) is 17.2. The minimum Gasteiger partial charge on any atom is -0.399 e. The molecule has 3 N–H and O–H groups in total. The van der Waals surface area contributed by atoms with E-state index in [1.54, 1.807) is 0 Å². The van der Waals surface area contributed by atoms with E-state index in [-0.39, 0.29) is 17.0 Å². The van der Waals surface area contributed by atoms with Gasteiger partial charge in [-0.3, -0.25) is 0 Å². The van der Waals surface area contributed by atoms with Crippen LogP contribution in [0, 0.1) is 0 Å². The molecule has 0 saturated carbocycles. The molecule has 0 aliphatic carbocycles. The summed E-state index contributed by atoms with van der Waals surface area (Å²) in [6.07, 6.45) is -0.340. The van der Waals surface area contributed by atoms with Crippen LogP contribution in [-0.4, -0.2) is 11.7 Å². The highest BCUT2D eigenvalue weighted by Crippen LogP contribution is 2.30. The van der Waals surface area contributed by atoms with Gasteiger partial charge in [0.25, 0.3) is 0 Å². The van der Waals surface area contributed by atoms with Crippen molar-refractivity contribution in [1.82, 2.24) is 5.32 Å². The van der Waals surface area contributed by atoms with Gasteiger partial charge in [0.1, 0.15) is 11.7 Å². The molecule has 4 heteroatoms. The molecule has 1 aliphatic heterocycles. The quantitative estimate of drug-likeness (QED) is 0.200. The minimum atomic E-state index is -0.340. The third kappa shape index (κ3) is 6.76. The Bertz CT molecular complexity index is 1830. The predicted molar refractivity (Wildman–Crippen MR) is 191 cm³/mol. The second-order valence-electron chi connectivity index (χ2n) is 13.9. The number of hydrogen-bond acceptors (Lipinski definition) is 4. The van der Waals surface area contributed by atoms with Crippen molar-refractivity contribution in [3.63, 3.8) is 0 Å². The molecule has 5 aromatic rings. The van der Waals surface area contributed by atoms with Crippen LogP contribution in [0.25, 0.3) is 22.3 Å². The van der Waals surface area contributed by atoms with Gasteiger partial charge in [-0.25, -0.2) is 9.98 Å². The summed E-state index contributed by atoms with van der Waals surface area (Å²) in [6, 6.07) is 42.7. The number of nitrogen functional groups attached to an aromatic ring is 1. The largest absolute Gasteiger partial charge is 0.399 e. The highest BCUT2D eigenvalue weighted by molar-refractivity contribution is 6.16. The SMILES string of the molecule is CC(C)(C)c1ccc(C2=NC(c3ccc(C(C)(C)C)cc3)N=C(c3ccc(-c4ccc(-c5ccc(N)cc5)cc4)cc3)N2)cc1. The molecule has 0 spiro atoms. The fourth-order valence-corrected chi connectivity index (χ4v) is 5.53. The lowest BCUT2D eigenvalue weighted by Crippen LogP contribution is -2.36. The standard InChI is InChI=1S/C41H42N4/c1-40(2,3)34-21-15-32(16-22-34)38-43-37(44-39(45-38)33-17-23-35(24-18-33)41(4,5)6)31-13-11-29(12-14-31)27-7-9-28(10-8-27)30-19-25-36(42)26-20-30/h7-26,38H,42H2,1-6H3,(H,43,44,45). The van der Waals surface area contributed by atoms with Crippen molar-refractivity contribution in [3.05, 3.63) is 149 Å². The Hall–Kier alpha value is -4.96. The first-order valence-electron chi connectivity index (χ1n) is 15.6. The van der Waals surface area contributed by atoms with Crippen LogP contribution in [0.3, 0.4) is 0 Å². The molecule has 0 aromatic heterocycles. The van der Waals surface area contributed by atoms with Crippen molar-refractivity contribution in [2.45, 2.75) is 58.5 Å². The van der Waals surface area contributed by atoms with Gasteiger partial charge < -0.3 is 11.1 Å². The van der Waals surface area contributed by atoms with Crippen LogP contribution in [0.15, 0.2) is 131 Å². The molecule has 0 saturated heterocycles. The number of benzene rings is 5. The van der Waals surface area contributed by atoms with Gasteiger partial charge in [0, 0.05) is 16.8 Å². The topological polar surface area (TPSA) is 62.8 Å². The Labute approximate surface area is 267 Å². The van der Waals surface area contributed by atoms with Crippen molar-refractivity contribution in [2.24, 2.45) is 9.98 Å². The lowest BCUT2D eigenvalue weighted by atomic mass is 9.86. The van der Waals surface area contributed by atoms with E-state index in [0.29, 0.717) is 0 Å². The zero-order valence-corrected chi connectivity index (χ0v) is 27.1. The van der Waals surface area contributed by atoms with Gasteiger partial charge >= 0.3 is 0 Å². The first-order chi connectivity index (χ1) is 21.4. The van der Waals surface area contributed by atoms with E-state index in [4.69, 9.17) is 15.7 Å². The van der Waals surface area contributed by atoms with Gasteiger partial charge in [0.05, 0.1) is 0 Å². The summed E-state index contributed by atoms with van der Waals surface area (Å²) in [7, 11) is 0. The van der Waals surface area contributed by atoms with Crippen LogP contribution in [0.2, 0.25) is 0 Å². The van der Waals surface area contributed by atoms with E-state index in [9.17, 15) is 0 Å². The van der Waals surface area contributed by atoms with Gasteiger partial charge in [0.15, 0.2) is 6.17 Å². The monoisotopic (exact) mass is 590 g/mol. The van der Waals surface area contributed by atoms with Crippen LogP contribution >= 0.6 is 0 Å². The van der Waals surface area contributed by atoms with Crippen molar-refractivity contribution < 1.29 is 0 Å². The maximum atomic E-state index is 5.86. The molecule has 1 aliphatic rings. The van der Waals surface area contributed by atoms with Crippen molar-refractivity contribution in [3.8, 4) is 22.3 Å². The number of nitrogens with two attached hydrogens (primary N) is 1. The van der Waals surface area contributed by atoms with Gasteiger partial charge in [-0.05, 0) is 61.9 Å². The van der Waals surface area contributed by atoms with Gasteiger partial charge in [0.2, 0.25) is 0 Å². The number of nitrogens with zero attached hydrogens (tertiary/aromatic N) is 2. The molecular weight excluding hydrogens is 548 g/mol. The molecule has 5 aromatic carbocycles. The normalized spacial score (nSPS) is 15.2. The summed E-state index contributed by atoms with van der Waals surface area (Å²) in [4.78, 5) is 10.2. The number of anilines is 1. The summed E-state index contributed by atoms with van der Waals surface area (Å²) in [6.45, 7) is 13.4. The highest BCUT2D eigenvalue weighted by Gasteiger charge is 2.22. The van der Waals surface area contributed by atoms with Crippen LogP contribution in [0.4, 0.5) is 5.69 Å². The van der Waals surface area contributed by atoms with Crippen LogP contribution in [0.5, 0.6) is 0 Å². The van der Waals surface area contributed by atoms with Gasteiger partial charge in [-0.15, -0.1) is 0 Å². The lowest BCUT2D eigenvalue weighted by Gasteiger charge is -2.24. The van der Waals surface area contributed by atoms with Crippen molar-refractivity contribution in [2.75, 3.05) is 5.73 Å². The van der Waals surface area contributed by atoms with E-state index in [1.165, 1.54) is 16.7 Å². The van der Waals surface area contributed by atoms with E-state index in [2.05, 4.69) is 156 Å². The number of hydrogen-bond donors (Lipinski definition) is 2. The number of amidine groups is 2. The van der Waals surface area contributed by atoms with Crippen molar-refractivity contribution >= 4 is 17.4 Å². The van der Waals surface area contributed by atoms with Crippen LogP contribution < -0.4 is 11.1 Å². The number of aliphatic imine (C=N–C) groups is 2. The lowest BCUT2D eigenvalue weighted by molar-refractivity contribution is 0.589. The molecule has 1 heterocycles. The van der Waals surface area contributed by atoms with E-state index >= 15 is 0 Å². The summed E-state index contributed by atoms with van der Waals surface area (Å²) >= 11 is 0. The average molecular weight is 591 g/mol. The van der Waals surface area contributed by atoms with E-state index < -0.39 is 0 Å². The molecule has 226 valence electrons. The number of nitrogens with one attached hydrogen (secondary N) is 1. The van der Waals surface area contributed by atoms with E-state index in [0.717, 1.165) is 50.7 Å². The highest BCUT2D eigenvalue weighted by atomic mass is 15.2. The first kappa shape index (κ1) is 30.1. The Morgan fingerprint density at radius 2 is 0.756 bits per heavy atom. The Kier molecular flexibility index (Phi) is 7.92. The maximum absolute atomic E-state index is 5.86. The second-order valence-corrected chi connectivity index (χ2v) is 13.9. The zero-order valence-electron chi connectivity index (χ0n) is 27.1. The summed E-state index contributed by atoms with van der Waals surface area (Å²) < 4.78 is 0. The van der Waals surface area contributed by atoms with E-state index in [1.807, 2.05) is 12.1 Å². The summed E-state index contributed by atoms with van der Waals surface area (Å²) in [5.74, 6) is 1.64.